The van der Waals surface area contributed by atoms with Gasteiger partial charge in [-0.2, -0.15) is 0 Å². The number of carbonyl (C=O) groups excluding carboxylic acids is 2. The van der Waals surface area contributed by atoms with Crippen molar-refractivity contribution in [2.45, 2.75) is 51.0 Å². The number of benzene rings is 2. The lowest BCUT2D eigenvalue weighted by Crippen LogP contribution is -2.50. The van der Waals surface area contributed by atoms with Crippen LogP contribution >= 0.6 is 0 Å². The predicted octanol–water partition coefficient (Wildman–Crippen LogP) is 4.41. The Labute approximate surface area is 205 Å². The third-order valence-electron chi connectivity index (χ3n) is 8.18. The second kappa shape index (κ2) is 9.36. The van der Waals surface area contributed by atoms with Gasteiger partial charge < -0.3 is 20.1 Å². The molecule has 0 bridgehead atoms. The van der Waals surface area contributed by atoms with Gasteiger partial charge in [0.2, 0.25) is 5.91 Å². The molecule has 2 N–H and O–H groups in total. The van der Waals surface area contributed by atoms with E-state index in [0.29, 0.717) is 25.9 Å². The number of carboxylic acids is 1. The molecular weight excluding hydrogens is 444 g/mol. The minimum Gasteiger partial charge on any atom is -0.481 e. The first-order valence-electron chi connectivity index (χ1n) is 12.5. The minimum atomic E-state index is -0.805. The van der Waals surface area contributed by atoms with E-state index in [1.807, 2.05) is 24.3 Å². The first-order valence-corrected chi connectivity index (χ1v) is 12.5. The highest BCUT2D eigenvalue weighted by Crippen LogP contribution is 2.44. The summed E-state index contributed by atoms with van der Waals surface area (Å²) in [5.74, 6) is -1.09. The summed E-state index contributed by atoms with van der Waals surface area (Å²) in [6.07, 6.45) is 2.73. The van der Waals surface area contributed by atoms with E-state index in [9.17, 15) is 19.5 Å². The lowest BCUT2D eigenvalue weighted by Gasteiger charge is -2.38. The van der Waals surface area contributed by atoms with Crippen LogP contribution in [0.3, 0.4) is 0 Å². The first kappa shape index (κ1) is 23.4. The van der Waals surface area contributed by atoms with Crippen LogP contribution in [0.25, 0.3) is 11.1 Å². The third kappa shape index (κ3) is 4.40. The molecule has 2 aliphatic carbocycles. The number of carboxylic acid groups (broad SMARTS) is 1. The number of ether oxygens (including phenoxy) is 1. The Kier molecular flexibility index (Phi) is 6.26. The average Bonchev–Trinajstić information content (AvgIpc) is 3.45. The molecule has 3 aliphatic rings. The van der Waals surface area contributed by atoms with Gasteiger partial charge in [0.05, 0.1) is 11.3 Å². The van der Waals surface area contributed by atoms with Crippen molar-refractivity contribution in [1.82, 2.24) is 10.2 Å². The van der Waals surface area contributed by atoms with Gasteiger partial charge in [0.25, 0.3) is 0 Å². The maximum atomic E-state index is 13.2. The highest BCUT2D eigenvalue weighted by Gasteiger charge is 2.42. The number of likely N-dealkylation sites (tertiary alicyclic amines) is 1. The largest absolute Gasteiger partial charge is 0.481 e. The van der Waals surface area contributed by atoms with Crippen molar-refractivity contribution in [2.24, 2.45) is 11.3 Å². The molecule has 1 heterocycles. The molecule has 2 fully saturated rings. The number of nitrogens with zero attached hydrogens (tertiary/aromatic N) is 1. The van der Waals surface area contributed by atoms with Crippen molar-refractivity contribution in [3.63, 3.8) is 0 Å². The quantitative estimate of drug-likeness (QED) is 0.667. The molecule has 1 aliphatic heterocycles. The Morgan fingerprint density at radius 3 is 2.20 bits per heavy atom. The van der Waals surface area contributed by atoms with Gasteiger partial charge in [-0.3, -0.25) is 9.59 Å². The molecule has 1 saturated heterocycles. The highest BCUT2D eigenvalue weighted by atomic mass is 16.5. The Morgan fingerprint density at radius 1 is 1.00 bits per heavy atom. The lowest BCUT2D eigenvalue weighted by molar-refractivity contribution is -0.153. The van der Waals surface area contributed by atoms with E-state index >= 15 is 0 Å². The van der Waals surface area contributed by atoms with Gasteiger partial charge in [-0.15, -0.1) is 0 Å². The third-order valence-corrected chi connectivity index (χ3v) is 8.18. The van der Waals surface area contributed by atoms with E-state index < -0.39 is 17.5 Å². The van der Waals surface area contributed by atoms with Crippen LogP contribution in [0.4, 0.5) is 4.79 Å². The van der Waals surface area contributed by atoms with E-state index in [1.54, 1.807) is 11.8 Å². The Balaban J connectivity index is 1.18. The fourth-order valence-corrected chi connectivity index (χ4v) is 5.89. The predicted molar refractivity (Wildman–Crippen MR) is 131 cm³/mol. The SMILES string of the molecule is CC1(C(=O)O)CCN(C(=O)[C@@H]2CCC[C@@H]2NC(=O)OCC2c3ccccc3-c3ccccc32)CC1. The van der Waals surface area contributed by atoms with Crippen molar-refractivity contribution in [2.75, 3.05) is 19.7 Å². The van der Waals surface area contributed by atoms with Crippen LogP contribution in [0.5, 0.6) is 0 Å². The number of nitrogens with one attached hydrogen (secondary N) is 1. The van der Waals surface area contributed by atoms with Gasteiger partial charge in [-0.1, -0.05) is 55.0 Å². The van der Waals surface area contributed by atoms with Crippen molar-refractivity contribution < 1.29 is 24.2 Å². The molecule has 2 aromatic carbocycles. The number of piperidine rings is 1. The van der Waals surface area contributed by atoms with E-state index in [2.05, 4.69) is 29.6 Å². The van der Waals surface area contributed by atoms with E-state index in [4.69, 9.17) is 4.74 Å². The van der Waals surface area contributed by atoms with Crippen LogP contribution in [-0.4, -0.2) is 53.7 Å². The van der Waals surface area contributed by atoms with Crippen LogP contribution in [0.2, 0.25) is 0 Å². The van der Waals surface area contributed by atoms with Crippen LogP contribution in [0.15, 0.2) is 48.5 Å². The van der Waals surface area contributed by atoms with Gasteiger partial charge in [0.1, 0.15) is 6.61 Å². The summed E-state index contributed by atoms with van der Waals surface area (Å²) in [6, 6.07) is 16.2. The zero-order valence-electron chi connectivity index (χ0n) is 20.0. The smallest absolute Gasteiger partial charge is 0.407 e. The molecule has 2 aromatic rings. The molecule has 2 amide bonds. The normalized spacial score (nSPS) is 22.8. The van der Waals surface area contributed by atoms with Gasteiger partial charge in [-0.05, 0) is 54.9 Å². The summed E-state index contributed by atoms with van der Waals surface area (Å²) < 4.78 is 5.69. The monoisotopic (exact) mass is 476 g/mol. The zero-order chi connectivity index (χ0) is 24.6. The standard InChI is InChI=1S/C28H32N2O5/c1-28(26(32)33)13-15-30(16-14-28)25(31)22-11-6-12-24(22)29-27(34)35-17-23-20-9-4-2-7-18(20)19-8-3-5-10-21(19)23/h2-5,7-10,22-24H,6,11-17H2,1H3,(H,29,34)(H,32,33)/t22-,24+/m1/s1. The summed E-state index contributed by atoms with van der Waals surface area (Å²) >= 11 is 0. The van der Waals surface area contributed by atoms with Crippen LogP contribution in [-0.2, 0) is 14.3 Å². The number of amides is 2. The van der Waals surface area contributed by atoms with E-state index in [1.165, 1.54) is 11.1 Å². The number of rotatable bonds is 5. The molecule has 0 unspecified atom stereocenters. The Morgan fingerprint density at radius 2 is 1.60 bits per heavy atom. The lowest BCUT2D eigenvalue weighted by atomic mass is 9.80. The maximum Gasteiger partial charge on any atom is 0.407 e. The molecule has 7 nitrogen and oxygen atoms in total. The number of hydrogen-bond donors (Lipinski definition) is 2. The fraction of sp³-hybridized carbons (Fsp3) is 0.464. The van der Waals surface area contributed by atoms with E-state index in [-0.39, 0.29) is 30.4 Å². The molecule has 184 valence electrons. The van der Waals surface area contributed by atoms with Crippen LogP contribution in [0.1, 0.15) is 56.1 Å². The molecule has 0 aromatic heterocycles. The van der Waals surface area contributed by atoms with Crippen molar-refractivity contribution in [3.8, 4) is 11.1 Å². The van der Waals surface area contributed by atoms with Gasteiger partial charge in [0, 0.05) is 25.0 Å². The summed E-state index contributed by atoms with van der Waals surface area (Å²) in [6.45, 7) is 2.87. The van der Waals surface area contributed by atoms with Crippen molar-refractivity contribution >= 4 is 18.0 Å². The fourth-order valence-electron chi connectivity index (χ4n) is 5.89. The second-order valence-corrected chi connectivity index (χ2v) is 10.3. The highest BCUT2D eigenvalue weighted by molar-refractivity contribution is 5.82. The van der Waals surface area contributed by atoms with Gasteiger partial charge in [-0.25, -0.2) is 4.79 Å². The molecule has 7 heteroatoms. The topological polar surface area (TPSA) is 95.9 Å². The summed E-state index contributed by atoms with van der Waals surface area (Å²) in [7, 11) is 0. The van der Waals surface area contributed by atoms with Crippen molar-refractivity contribution in [1.29, 1.82) is 0 Å². The molecular formula is C28H32N2O5. The molecule has 35 heavy (non-hydrogen) atoms. The average molecular weight is 477 g/mol. The second-order valence-electron chi connectivity index (χ2n) is 10.3. The molecule has 5 rings (SSSR count). The Hall–Kier alpha value is -3.35. The van der Waals surface area contributed by atoms with Crippen LogP contribution in [0, 0.1) is 11.3 Å². The van der Waals surface area contributed by atoms with E-state index in [0.717, 1.165) is 30.4 Å². The number of hydrogen-bond acceptors (Lipinski definition) is 4. The number of fused-ring (bicyclic) bond motifs is 3. The van der Waals surface area contributed by atoms with Crippen LogP contribution < -0.4 is 5.32 Å². The molecule has 1 saturated carbocycles. The maximum absolute atomic E-state index is 13.2. The summed E-state index contributed by atoms with van der Waals surface area (Å²) in [5.41, 5.74) is 3.91. The minimum absolute atomic E-state index is 0.00828. The molecule has 0 spiro atoms. The number of carbonyl (C=O) groups is 3. The first-order chi connectivity index (χ1) is 16.9. The number of aliphatic carboxylic acids is 1. The summed E-state index contributed by atoms with van der Waals surface area (Å²) in [4.78, 5) is 39.2. The number of alkyl carbamates (subject to hydrolysis) is 1. The van der Waals surface area contributed by atoms with Gasteiger partial charge in [0.15, 0.2) is 0 Å². The summed E-state index contributed by atoms with van der Waals surface area (Å²) in [5, 5.41) is 12.4. The zero-order valence-corrected chi connectivity index (χ0v) is 20.0. The van der Waals surface area contributed by atoms with Gasteiger partial charge >= 0.3 is 12.1 Å². The van der Waals surface area contributed by atoms with Crippen molar-refractivity contribution in [3.05, 3.63) is 59.7 Å². The molecule has 0 radical (unpaired) electrons. The molecule has 2 atom stereocenters. The Bertz CT molecular complexity index is 1090.